The molecule has 0 amide bonds. The van der Waals surface area contributed by atoms with E-state index in [4.69, 9.17) is 0 Å². The van der Waals surface area contributed by atoms with Gasteiger partial charge in [-0.2, -0.15) is 0 Å². The first-order valence-electron chi connectivity index (χ1n) is 5.84. The second-order valence-corrected chi connectivity index (χ2v) is 3.99. The van der Waals surface area contributed by atoms with Crippen LogP contribution in [0.2, 0.25) is 0 Å². The number of hydrogen-bond acceptors (Lipinski definition) is 0. The number of aryl methyl sites for hydroxylation is 2. The first-order chi connectivity index (χ1) is 7.36. The van der Waals surface area contributed by atoms with Crippen molar-refractivity contribution in [2.24, 2.45) is 0 Å². The molecule has 1 aromatic carbocycles. The van der Waals surface area contributed by atoms with Gasteiger partial charge in [0, 0.05) is 0 Å². The fourth-order valence-corrected chi connectivity index (χ4v) is 2.08. The highest BCUT2D eigenvalue weighted by Crippen LogP contribution is 2.11. The Kier molecular flexibility index (Phi) is 3.05. The second-order valence-electron chi connectivity index (χ2n) is 3.99. The van der Waals surface area contributed by atoms with Gasteiger partial charge in [-0.3, -0.25) is 0 Å². The van der Waals surface area contributed by atoms with Gasteiger partial charge >= 0.3 is 0 Å². The van der Waals surface area contributed by atoms with Gasteiger partial charge in [0.2, 0.25) is 6.33 Å². The van der Waals surface area contributed by atoms with Gasteiger partial charge in [0.25, 0.3) is 0 Å². The zero-order valence-electron chi connectivity index (χ0n) is 9.61. The van der Waals surface area contributed by atoms with Crippen LogP contribution in [0.1, 0.15) is 26.7 Å². The van der Waals surface area contributed by atoms with Gasteiger partial charge < -0.3 is 0 Å². The van der Waals surface area contributed by atoms with E-state index >= 15 is 0 Å². The van der Waals surface area contributed by atoms with Crippen LogP contribution in [0.4, 0.5) is 0 Å². The lowest BCUT2D eigenvalue weighted by Crippen LogP contribution is -2.31. The van der Waals surface area contributed by atoms with Crippen LogP contribution in [-0.2, 0) is 13.1 Å². The summed E-state index contributed by atoms with van der Waals surface area (Å²) in [5.74, 6) is 0. The van der Waals surface area contributed by atoms with Gasteiger partial charge in [0.15, 0.2) is 11.0 Å². The summed E-state index contributed by atoms with van der Waals surface area (Å²) in [5, 5.41) is 0. The van der Waals surface area contributed by atoms with E-state index in [1.807, 2.05) is 0 Å². The molecule has 80 valence electrons. The monoisotopic (exact) mass is 203 g/mol. The van der Waals surface area contributed by atoms with Crippen molar-refractivity contribution in [3.8, 4) is 0 Å². The molecule has 2 nitrogen and oxygen atoms in total. The van der Waals surface area contributed by atoms with Crippen molar-refractivity contribution in [3.63, 3.8) is 0 Å². The maximum absolute atomic E-state index is 2.35. The van der Waals surface area contributed by atoms with Crippen molar-refractivity contribution < 1.29 is 4.57 Å². The van der Waals surface area contributed by atoms with Gasteiger partial charge in [-0.1, -0.05) is 26.0 Å². The summed E-state index contributed by atoms with van der Waals surface area (Å²) in [6.07, 6.45) is 4.62. The molecule has 0 atom stereocenters. The SMILES string of the molecule is CCCn1c[n+](CCC)c2ccccc21. The average Bonchev–Trinajstić information content (AvgIpc) is 2.59. The van der Waals surface area contributed by atoms with Crippen molar-refractivity contribution in [1.29, 1.82) is 0 Å². The summed E-state index contributed by atoms with van der Waals surface area (Å²) < 4.78 is 4.70. The predicted molar refractivity (Wildman–Crippen MR) is 62.7 cm³/mol. The third-order valence-electron chi connectivity index (χ3n) is 2.71. The largest absolute Gasteiger partial charge is 0.244 e. The van der Waals surface area contributed by atoms with Crippen molar-refractivity contribution in [2.45, 2.75) is 39.8 Å². The molecule has 0 aliphatic heterocycles. The summed E-state index contributed by atoms with van der Waals surface area (Å²) in [6.45, 7) is 6.66. The Balaban J connectivity index is 2.52. The molecule has 0 aliphatic rings. The molecule has 2 rings (SSSR count). The topological polar surface area (TPSA) is 8.81 Å². The van der Waals surface area contributed by atoms with Crippen LogP contribution in [-0.4, -0.2) is 4.57 Å². The van der Waals surface area contributed by atoms with E-state index in [2.05, 4.69) is 53.6 Å². The molecule has 0 radical (unpaired) electrons. The standard InChI is InChI=1S/C13H19N2/c1-3-9-14-11-15(10-4-2)13-8-6-5-7-12(13)14/h5-8,11H,3-4,9-10H2,1-2H3/q+1. The maximum atomic E-state index is 2.35. The van der Waals surface area contributed by atoms with Crippen LogP contribution in [0, 0.1) is 0 Å². The molecule has 0 spiro atoms. The van der Waals surface area contributed by atoms with Gasteiger partial charge in [0.05, 0.1) is 13.1 Å². The minimum Gasteiger partial charge on any atom is -0.230 e. The molecule has 0 N–H and O–H groups in total. The Bertz CT molecular complexity index is 403. The highest BCUT2D eigenvalue weighted by atomic mass is 15.1. The van der Waals surface area contributed by atoms with Crippen molar-refractivity contribution in [1.82, 2.24) is 4.57 Å². The minimum absolute atomic E-state index is 1.11. The van der Waals surface area contributed by atoms with Gasteiger partial charge in [-0.15, -0.1) is 0 Å². The van der Waals surface area contributed by atoms with E-state index in [0.717, 1.165) is 13.1 Å². The van der Waals surface area contributed by atoms with E-state index in [-0.39, 0.29) is 0 Å². The van der Waals surface area contributed by atoms with Gasteiger partial charge in [-0.05, 0) is 25.0 Å². The lowest BCUT2D eigenvalue weighted by Gasteiger charge is -1.91. The van der Waals surface area contributed by atoms with Crippen LogP contribution < -0.4 is 4.57 Å². The quantitative estimate of drug-likeness (QED) is 0.676. The lowest BCUT2D eigenvalue weighted by molar-refractivity contribution is -0.672. The normalized spacial score (nSPS) is 11.1. The Labute approximate surface area is 91.2 Å². The van der Waals surface area contributed by atoms with Crippen LogP contribution >= 0.6 is 0 Å². The van der Waals surface area contributed by atoms with E-state index in [1.54, 1.807) is 0 Å². The average molecular weight is 203 g/mol. The Morgan fingerprint density at radius 1 is 1.13 bits per heavy atom. The molecule has 0 fully saturated rings. The number of nitrogens with zero attached hydrogens (tertiary/aromatic N) is 2. The van der Waals surface area contributed by atoms with Crippen LogP contribution in [0.3, 0.4) is 0 Å². The summed E-state index contributed by atoms with van der Waals surface area (Å²) >= 11 is 0. The Hall–Kier alpha value is -1.31. The number of rotatable bonds is 4. The first-order valence-corrected chi connectivity index (χ1v) is 5.84. The second kappa shape index (κ2) is 4.47. The number of para-hydroxylation sites is 2. The summed E-state index contributed by atoms with van der Waals surface area (Å²) in [5.41, 5.74) is 2.71. The van der Waals surface area contributed by atoms with E-state index in [9.17, 15) is 0 Å². The highest BCUT2D eigenvalue weighted by Gasteiger charge is 2.12. The third-order valence-corrected chi connectivity index (χ3v) is 2.71. The summed E-state index contributed by atoms with van der Waals surface area (Å²) in [7, 11) is 0. The Morgan fingerprint density at radius 2 is 1.93 bits per heavy atom. The third kappa shape index (κ3) is 1.89. The minimum atomic E-state index is 1.11. The number of imidazole rings is 1. The van der Waals surface area contributed by atoms with Crippen LogP contribution in [0.25, 0.3) is 11.0 Å². The fourth-order valence-electron chi connectivity index (χ4n) is 2.08. The molecule has 15 heavy (non-hydrogen) atoms. The molecule has 0 aliphatic carbocycles. The maximum Gasteiger partial charge on any atom is 0.244 e. The number of aromatic nitrogens is 2. The lowest BCUT2D eigenvalue weighted by atomic mass is 10.3. The van der Waals surface area contributed by atoms with E-state index in [1.165, 1.54) is 23.9 Å². The van der Waals surface area contributed by atoms with Gasteiger partial charge in [-0.25, -0.2) is 9.13 Å². The number of fused-ring (bicyclic) bond motifs is 1. The van der Waals surface area contributed by atoms with E-state index in [0.29, 0.717) is 0 Å². The molecule has 2 heteroatoms. The molecular formula is C13H19N2+. The predicted octanol–water partition coefficient (Wildman–Crippen LogP) is 2.75. The smallest absolute Gasteiger partial charge is 0.230 e. The van der Waals surface area contributed by atoms with Crippen LogP contribution in [0.5, 0.6) is 0 Å². The zero-order chi connectivity index (χ0) is 10.7. The molecule has 1 aromatic heterocycles. The van der Waals surface area contributed by atoms with Crippen LogP contribution in [0.15, 0.2) is 30.6 Å². The molecule has 1 heterocycles. The molecule has 0 saturated carbocycles. The Morgan fingerprint density at radius 3 is 2.67 bits per heavy atom. The molecule has 2 aromatic rings. The van der Waals surface area contributed by atoms with E-state index < -0.39 is 0 Å². The van der Waals surface area contributed by atoms with Crippen molar-refractivity contribution in [2.75, 3.05) is 0 Å². The number of hydrogen-bond donors (Lipinski definition) is 0. The fraction of sp³-hybridized carbons (Fsp3) is 0.462. The highest BCUT2D eigenvalue weighted by molar-refractivity contribution is 5.71. The molecule has 0 bridgehead atoms. The molecule has 0 saturated heterocycles. The first kappa shape index (κ1) is 10.2. The van der Waals surface area contributed by atoms with Gasteiger partial charge in [0.1, 0.15) is 0 Å². The van der Waals surface area contributed by atoms with Crippen molar-refractivity contribution in [3.05, 3.63) is 30.6 Å². The molecule has 0 unspecified atom stereocenters. The van der Waals surface area contributed by atoms with Crippen molar-refractivity contribution >= 4 is 11.0 Å². The zero-order valence-corrected chi connectivity index (χ0v) is 9.61. The summed E-state index contributed by atoms with van der Waals surface area (Å²) in [6, 6.07) is 8.64. The summed E-state index contributed by atoms with van der Waals surface area (Å²) in [4.78, 5) is 0. The number of benzene rings is 1. The molecular weight excluding hydrogens is 184 g/mol.